The molecule has 0 aromatic rings. The van der Waals surface area contributed by atoms with Gasteiger partial charge in [-0.25, -0.2) is 0 Å². The molecule has 206 valence electrons. The zero-order valence-electron chi connectivity index (χ0n) is 24.6. The molecule has 4 heteroatoms. The average molecular weight is 503 g/mol. The summed E-state index contributed by atoms with van der Waals surface area (Å²) in [5.41, 5.74) is 1.88. The molecule has 0 bridgehead atoms. The van der Waals surface area contributed by atoms with Crippen molar-refractivity contribution in [2.24, 2.45) is 50.2 Å². The number of aliphatic hydroxyl groups is 2. The first kappa shape index (κ1) is 27.2. The van der Waals surface area contributed by atoms with Crippen LogP contribution < -0.4 is 0 Å². The Labute approximate surface area is 220 Å². The van der Waals surface area contributed by atoms with E-state index >= 15 is 0 Å². The van der Waals surface area contributed by atoms with Crippen molar-refractivity contribution in [3.05, 3.63) is 11.6 Å². The second-order valence-corrected chi connectivity index (χ2v) is 15.6. The zero-order chi connectivity index (χ0) is 26.5. The summed E-state index contributed by atoms with van der Waals surface area (Å²) >= 11 is 0. The van der Waals surface area contributed by atoms with Crippen molar-refractivity contribution in [1.29, 1.82) is 0 Å². The third-order valence-electron chi connectivity index (χ3n) is 13.8. The maximum Gasteiger partial charge on any atom is 0.0886 e. The summed E-state index contributed by atoms with van der Waals surface area (Å²) in [7, 11) is 3.57. The fraction of sp³-hybridized carbons (Fsp3) is 0.938. The molecule has 0 radical (unpaired) electrons. The number of aliphatic hydroxyl groups excluding tert-OH is 2. The van der Waals surface area contributed by atoms with Crippen LogP contribution in [0.5, 0.6) is 0 Å². The molecule has 4 saturated carbocycles. The Morgan fingerprint density at radius 1 is 0.861 bits per heavy atom. The number of methoxy groups -OCH3 is 2. The standard InChI is InChI=1S/C32H54O4/c1-27(2)18-21-20-10-11-23-29(4)14-13-24(33)30(5,19-35-8)22(29)12-15-32(23,7)31(20,6)17-16-28(21,3)25(34)26(27)36-9/h10,21-26,33-34H,11-19H2,1-9H3/t21-,22+,23+,24-,25+,26-,28+,29-,30+,31+,32+/m0/s1. The summed E-state index contributed by atoms with van der Waals surface area (Å²) in [5.74, 6) is 1.50. The fourth-order valence-electron chi connectivity index (χ4n) is 11.4. The van der Waals surface area contributed by atoms with Gasteiger partial charge in [0.2, 0.25) is 0 Å². The molecule has 4 nitrogen and oxygen atoms in total. The Kier molecular flexibility index (Phi) is 6.25. The molecule has 0 spiro atoms. The lowest BCUT2D eigenvalue weighted by molar-refractivity contribution is -0.229. The topological polar surface area (TPSA) is 58.9 Å². The number of allylic oxidation sites excluding steroid dienone is 2. The molecule has 0 aromatic carbocycles. The minimum absolute atomic E-state index is 0.0553. The number of rotatable bonds is 3. The predicted octanol–water partition coefficient (Wildman–Crippen LogP) is 6.39. The zero-order valence-corrected chi connectivity index (χ0v) is 24.6. The molecule has 5 aliphatic rings. The van der Waals surface area contributed by atoms with Crippen molar-refractivity contribution in [1.82, 2.24) is 0 Å². The molecule has 0 heterocycles. The average Bonchev–Trinajstić information content (AvgIpc) is 2.79. The summed E-state index contributed by atoms with van der Waals surface area (Å²) < 4.78 is 11.6. The van der Waals surface area contributed by atoms with Gasteiger partial charge in [0, 0.05) is 25.0 Å². The van der Waals surface area contributed by atoms with E-state index in [9.17, 15) is 10.2 Å². The fourth-order valence-corrected chi connectivity index (χ4v) is 11.4. The van der Waals surface area contributed by atoms with E-state index in [2.05, 4.69) is 54.5 Å². The first-order valence-corrected chi connectivity index (χ1v) is 14.7. The molecule has 4 fully saturated rings. The molecule has 11 atom stereocenters. The van der Waals surface area contributed by atoms with Crippen LogP contribution in [0.15, 0.2) is 11.6 Å². The molecule has 0 unspecified atom stereocenters. The van der Waals surface area contributed by atoms with Crippen molar-refractivity contribution in [2.75, 3.05) is 20.8 Å². The van der Waals surface area contributed by atoms with Crippen LogP contribution in [-0.4, -0.2) is 49.4 Å². The summed E-state index contributed by atoms with van der Waals surface area (Å²) in [6.07, 6.45) is 10.6. The predicted molar refractivity (Wildman–Crippen MR) is 144 cm³/mol. The highest BCUT2D eigenvalue weighted by Crippen LogP contribution is 2.75. The van der Waals surface area contributed by atoms with Gasteiger partial charge in [-0.2, -0.15) is 0 Å². The van der Waals surface area contributed by atoms with E-state index in [1.54, 1.807) is 19.8 Å². The van der Waals surface area contributed by atoms with Gasteiger partial charge in [0.05, 0.1) is 24.9 Å². The summed E-state index contributed by atoms with van der Waals surface area (Å²) in [5, 5.41) is 22.8. The van der Waals surface area contributed by atoms with Gasteiger partial charge < -0.3 is 19.7 Å². The van der Waals surface area contributed by atoms with Crippen LogP contribution >= 0.6 is 0 Å². The monoisotopic (exact) mass is 502 g/mol. The highest BCUT2D eigenvalue weighted by Gasteiger charge is 2.69. The van der Waals surface area contributed by atoms with E-state index in [1.165, 1.54) is 12.8 Å². The van der Waals surface area contributed by atoms with Crippen LogP contribution in [-0.2, 0) is 9.47 Å². The second-order valence-electron chi connectivity index (χ2n) is 15.6. The largest absolute Gasteiger partial charge is 0.392 e. The van der Waals surface area contributed by atoms with Crippen LogP contribution in [0.25, 0.3) is 0 Å². The molecule has 0 aliphatic heterocycles. The van der Waals surface area contributed by atoms with Gasteiger partial charge in [0.15, 0.2) is 0 Å². The third-order valence-corrected chi connectivity index (χ3v) is 13.8. The van der Waals surface area contributed by atoms with Crippen LogP contribution in [0.4, 0.5) is 0 Å². The molecule has 0 amide bonds. The van der Waals surface area contributed by atoms with Crippen molar-refractivity contribution in [2.45, 2.75) is 118 Å². The SMILES string of the molecule is COC[C@]1(C)[C@@H]2CC[C@]3(C)[C@H](CC=C4[C@@H]5CC(C)(C)[C@@H](OC)[C@@H](O)[C@]5(C)CC[C@]43C)[C@@]2(C)CC[C@@H]1O. The smallest absolute Gasteiger partial charge is 0.0886 e. The van der Waals surface area contributed by atoms with Gasteiger partial charge in [-0.05, 0) is 90.8 Å². The summed E-state index contributed by atoms with van der Waals surface area (Å²) in [6.45, 7) is 17.6. The first-order valence-electron chi connectivity index (χ1n) is 14.7. The van der Waals surface area contributed by atoms with Crippen molar-refractivity contribution in [3.8, 4) is 0 Å². The Morgan fingerprint density at radius 3 is 2.19 bits per heavy atom. The van der Waals surface area contributed by atoms with E-state index < -0.39 is 6.10 Å². The molecule has 5 aliphatic carbocycles. The van der Waals surface area contributed by atoms with Crippen LogP contribution in [0.2, 0.25) is 0 Å². The number of hydrogen-bond acceptors (Lipinski definition) is 4. The van der Waals surface area contributed by atoms with E-state index in [-0.39, 0.29) is 44.7 Å². The lowest BCUT2D eigenvalue weighted by Crippen LogP contribution is -2.67. The summed E-state index contributed by atoms with van der Waals surface area (Å²) in [6, 6.07) is 0. The number of ether oxygens (including phenoxy) is 2. The van der Waals surface area contributed by atoms with Crippen molar-refractivity contribution in [3.63, 3.8) is 0 Å². The molecule has 0 aromatic heterocycles. The quantitative estimate of drug-likeness (QED) is 0.439. The molecular weight excluding hydrogens is 448 g/mol. The van der Waals surface area contributed by atoms with E-state index in [0.29, 0.717) is 24.4 Å². The Morgan fingerprint density at radius 2 is 1.56 bits per heavy atom. The van der Waals surface area contributed by atoms with Gasteiger partial charge in [0.25, 0.3) is 0 Å². The maximum atomic E-state index is 11.7. The molecular formula is C32H54O4. The Hall–Kier alpha value is -0.420. The minimum Gasteiger partial charge on any atom is -0.392 e. The van der Waals surface area contributed by atoms with Gasteiger partial charge in [-0.15, -0.1) is 0 Å². The van der Waals surface area contributed by atoms with Crippen molar-refractivity contribution >= 4 is 0 Å². The lowest BCUT2D eigenvalue weighted by Gasteiger charge is -2.72. The highest BCUT2D eigenvalue weighted by molar-refractivity contribution is 5.34. The van der Waals surface area contributed by atoms with E-state index in [0.717, 1.165) is 38.5 Å². The molecule has 5 rings (SSSR count). The number of fused-ring (bicyclic) bond motifs is 7. The lowest BCUT2D eigenvalue weighted by atomic mass is 9.33. The van der Waals surface area contributed by atoms with E-state index in [1.807, 2.05) is 0 Å². The van der Waals surface area contributed by atoms with Gasteiger partial charge in [-0.1, -0.05) is 60.1 Å². The van der Waals surface area contributed by atoms with Gasteiger partial charge >= 0.3 is 0 Å². The normalized spacial score (nSPS) is 56.0. The Bertz CT molecular complexity index is 912. The van der Waals surface area contributed by atoms with Crippen LogP contribution in [0, 0.1) is 50.2 Å². The van der Waals surface area contributed by atoms with Crippen LogP contribution in [0.1, 0.15) is 99.8 Å². The molecule has 2 N–H and O–H groups in total. The van der Waals surface area contributed by atoms with Gasteiger partial charge in [0.1, 0.15) is 0 Å². The second kappa shape index (κ2) is 8.29. The maximum absolute atomic E-state index is 11.7. The van der Waals surface area contributed by atoms with Crippen LogP contribution in [0.3, 0.4) is 0 Å². The molecule has 36 heavy (non-hydrogen) atoms. The third kappa shape index (κ3) is 3.20. The minimum atomic E-state index is -0.435. The first-order chi connectivity index (χ1) is 16.7. The Balaban J connectivity index is 1.56. The van der Waals surface area contributed by atoms with E-state index in [4.69, 9.17) is 9.47 Å². The van der Waals surface area contributed by atoms with Crippen molar-refractivity contribution < 1.29 is 19.7 Å². The molecule has 0 saturated heterocycles. The highest BCUT2D eigenvalue weighted by atomic mass is 16.5. The number of hydrogen-bond donors (Lipinski definition) is 2. The van der Waals surface area contributed by atoms with Gasteiger partial charge in [-0.3, -0.25) is 0 Å². The summed E-state index contributed by atoms with van der Waals surface area (Å²) in [4.78, 5) is 0.